The van der Waals surface area contributed by atoms with Crippen molar-refractivity contribution in [2.75, 3.05) is 69.3 Å². The molecule has 0 aliphatic carbocycles. The number of rotatable bonds is 8. The van der Waals surface area contributed by atoms with E-state index in [1.807, 2.05) is 11.3 Å². The lowest BCUT2D eigenvalue weighted by Gasteiger charge is -2.37. The van der Waals surface area contributed by atoms with Crippen molar-refractivity contribution >= 4 is 38.9 Å². The minimum atomic E-state index is 1.04. The Labute approximate surface area is 278 Å². The average molecular weight is 631 g/mol. The van der Waals surface area contributed by atoms with E-state index in [2.05, 4.69) is 141 Å². The maximum absolute atomic E-state index is 5.12. The maximum Gasteiger partial charge on any atom is 0.0831 e. The largest absolute Gasteiger partial charge is 0.504 e. The van der Waals surface area contributed by atoms with Crippen molar-refractivity contribution in [1.82, 2.24) is 9.80 Å². The fourth-order valence-corrected chi connectivity index (χ4v) is 7.33. The number of hydrogen-bond acceptors (Lipinski definition) is 6. The van der Waals surface area contributed by atoms with Gasteiger partial charge in [-0.1, -0.05) is 78.9 Å². The van der Waals surface area contributed by atoms with Gasteiger partial charge in [0.15, 0.2) is 0 Å². The molecule has 2 fully saturated rings. The minimum Gasteiger partial charge on any atom is -0.504 e. The van der Waals surface area contributed by atoms with Crippen LogP contribution in [0.5, 0.6) is 0 Å². The predicted octanol–water partition coefficient (Wildman–Crippen LogP) is 8.16. The molecule has 0 bridgehead atoms. The van der Waals surface area contributed by atoms with Crippen molar-refractivity contribution in [3.05, 3.63) is 137 Å². The molecular formula is C40H46N4OS. The molecule has 6 heteroatoms. The zero-order valence-electron chi connectivity index (χ0n) is 27.2. The van der Waals surface area contributed by atoms with E-state index in [0.717, 1.165) is 65.4 Å². The first-order valence-corrected chi connectivity index (χ1v) is 17.3. The van der Waals surface area contributed by atoms with Gasteiger partial charge >= 0.3 is 0 Å². The van der Waals surface area contributed by atoms with Crippen LogP contribution in [0.1, 0.15) is 22.3 Å². The monoisotopic (exact) mass is 630 g/mol. The van der Waals surface area contributed by atoms with Crippen LogP contribution in [0.3, 0.4) is 0 Å². The highest BCUT2D eigenvalue weighted by Crippen LogP contribution is 2.31. The molecule has 3 heterocycles. The second kappa shape index (κ2) is 15.9. The van der Waals surface area contributed by atoms with E-state index in [4.69, 9.17) is 4.74 Å². The Morgan fingerprint density at radius 3 is 1.74 bits per heavy atom. The van der Waals surface area contributed by atoms with Gasteiger partial charge in [0.2, 0.25) is 0 Å². The van der Waals surface area contributed by atoms with Gasteiger partial charge in [0.25, 0.3) is 0 Å². The van der Waals surface area contributed by atoms with Crippen LogP contribution < -0.4 is 9.80 Å². The molecule has 2 saturated heterocycles. The summed E-state index contributed by atoms with van der Waals surface area (Å²) in [5.74, 6) is 0. The Bertz CT molecular complexity index is 1670. The van der Waals surface area contributed by atoms with E-state index < -0.39 is 0 Å². The summed E-state index contributed by atoms with van der Waals surface area (Å²) in [7, 11) is 1.69. The maximum atomic E-state index is 5.12. The molecule has 1 aromatic heterocycles. The number of piperazine rings is 2. The van der Waals surface area contributed by atoms with Crippen molar-refractivity contribution in [3.8, 4) is 0 Å². The van der Waals surface area contributed by atoms with E-state index in [1.54, 1.807) is 13.4 Å². The molecular weight excluding hydrogens is 585 g/mol. The van der Waals surface area contributed by atoms with E-state index in [0.29, 0.717) is 0 Å². The highest BCUT2D eigenvalue weighted by Gasteiger charge is 2.20. The molecule has 2 aliphatic rings. The number of fused-ring (bicyclic) bond motifs is 1. The molecule has 5 nitrogen and oxygen atoms in total. The van der Waals surface area contributed by atoms with E-state index in [-0.39, 0.29) is 0 Å². The summed E-state index contributed by atoms with van der Waals surface area (Å²) in [4.78, 5) is 10.1. The van der Waals surface area contributed by atoms with Gasteiger partial charge in [-0.15, -0.1) is 11.3 Å². The number of hydrogen-bond donors (Lipinski definition) is 0. The van der Waals surface area contributed by atoms with Crippen LogP contribution in [0, 0.1) is 6.92 Å². The quantitative estimate of drug-likeness (QED) is 0.161. The van der Waals surface area contributed by atoms with E-state index in [1.165, 1.54) is 43.7 Å². The summed E-state index contributed by atoms with van der Waals surface area (Å²) in [6.45, 7) is 13.1. The molecule has 0 saturated carbocycles. The third-order valence-electron chi connectivity index (χ3n) is 9.07. The number of ether oxygens (including phenoxy) is 1. The van der Waals surface area contributed by atoms with Gasteiger partial charge in [0.05, 0.1) is 13.4 Å². The first-order chi connectivity index (χ1) is 22.7. The summed E-state index contributed by atoms with van der Waals surface area (Å²) in [6.07, 6.45) is 3.83. The number of benzene rings is 4. The second-order valence-electron chi connectivity index (χ2n) is 12.2. The Balaban J connectivity index is 0.000000162. The summed E-state index contributed by atoms with van der Waals surface area (Å²) >= 11 is 1.83. The molecule has 0 amide bonds. The van der Waals surface area contributed by atoms with E-state index >= 15 is 0 Å². The molecule has 0 atom stereocenters. The summed E-state index contributed by atoms with van der Waals surface area (Å²) in [5, 5.41) is 3.60. The predicted molar refractivity (Wildman–Crippen MR) is 197 cm³/mol. The standard InChI is InChI=1S/C21H26N2O.C19H20N2S/c1-18-7-6-10-21(20(18)11-16-24-2)23-14-12-22(13-15-23)17-19-8-4-3-5-9-19;1-2-5-16(6-3-1)15-20-10-12-21(13-11-20)18-7-4-8-19-17(18)9-14-22-19/h3-11,16H,12-15,17H2,1-2H3;1-9,14H,10-13,15H2. The molecule has 7 rings (SSSR count). The van der Waals surface area contributed by atoms with Crippen molar-refractivity contribution in [2.24, 2.45) is 0 Å². The molecule has 0 radical (unpaired) electrons. The number of aryl methyl sites for hydroxylation is 1. The zero-order chi connectivity index (χ0) is 31.6. The van der Waals surface area contributed by atoms with Gasteiger partial charge in [-0.3, -0.25) is 9.80 Å². The molecule has 0 spiro atoms. The van der Waals surface area contributed by atoms with Crippen LogP contribution in [0.4, 0.5) is 11.4 Å². The molecule has 0 unspecified atom stereocenters. The van der Waals surface area contributed by atoms with Crippen LogP contribution in [0.25, 0.3) is 16.2 Å². The summed E-state index contributed by atoms with van der Waals surface area (Å²) in [6, 6.07) is 37.0. The Hall–Kier alpha value is -4.10. The smallest absolute Gasteiger partial charge is 0.0831 e. The minimum absolute atomic E-state index is 1.04. The fraction of sp³-hybridized carbons (Fsp3) is 0.300. The SMILES string of the molecule is COC=Cc1c(C)cccc1N1CCN(Cc2ccccc2)CC1.c1ccc(CN2CCN(c3cccc4sccc34)CC2)cc1. The van der Waals surface area contributed by atoms with Crippen LogP contribution in [-0.4, -0.2) is 69.3 Å². The van der Waals surface area contributed by atoms with Gasteiger partial charge in [-0.2, -0.15) is 0 Å². The lowest BCUT2D eigenvalue weighted by molar-refractivity contribution is 0.250. The number of methoxy groups -OCH3 is 1. The third-order valence-corrected chi connectivity index (χ3v) is 9.95. The van der Waals surface area contributed by atoms with Crippen molar-refractivity contribution in [2.45, 2.75) is 20.0 Å². The van der Waals surface area contributed by atoms with Crippen LogP contribution >= 0.6 is 11.3 Å². The van der Waals surface area contributed by atoms with Gasteiger partial charge in [-0.25, -0.2) is 0 Å². The first-order valence-electron chi connectivity index (χ1n) is 16.5. The molecule has 2 aliphatic heterocycles. The van der Waals surface area contributed by atoms with Crippen LogP contribution in [0.15, 0.2) is 115 Å². The Morgan fingerprint density at radius 2 is 1.15 bits per heavy atom. The highest BCUT2D eigenvalue weighted by atomic mass is 32.1. The van der Waals surface area contributed by atoms with Gasteiger partial charge in [-0.05, 0) is 59.3 Å². The highest BCUT2D eigenvalue weighted by molar-refractivity contribution is 7.17. The average Bonchev–Trinajstić information content (AvgIpc) is 3.59. The first kappa shape index (κ1) is 31.9. The number of anilines is 2. The van der Waals surface area contributed by atoms with Crippen molar-refractivity contribution in [3.63, 3.8) is 0 Å². The third kappa shape index (κ3) is 8.18. The molecule has 0 N–H and O–H groups in total. The molecule has 5 aromatic rings. The van der Waals surface area contributed by atoms with Crippen LogP contribution in [-0.2, 0) is 17.8 Å². The Morgan fingerprint density at radius 1 is 0.609 bits per heavy atom. The van der Waals surface area contributed by atoms with E-state index in [9.17, 15) is 0 Å². The molecule has 238 valence electrons. The number of thiophene rings is 1. The lowest BCUT2D eigenvalue weighted by atomic mass is 10.0. The molecule has 46 heavy (non-hydrogen) atoms. The van der Waals surface area contributed by atoms with Gasteiger partial charge in [0.1, 0.15) is 0 Å². The van der Waals surface area contributed by atoms with Crippen molar-refractivity contribution in [1.29, 1.82) is 0 Å². The van der Waals surface area contributed by atoms with Crippen molar-refractivity contribution < 1.29 is 4.74 Å². The Kier molecular flexibility index (Phi) is 11.0. The lowest BCUT2D eigenvalue weighted by Crippen LogP contribution is -2.46. The van der Waals surface area contributed by atoms with Gasteiger partial charge in [0, 0.05) is 92.5 Å². The summed E-state index contributed by atoms with van der Waals surface area (Å²) in [5.41, 5.74) is 8.06. The molecule has 4 aromatic carbocycles. The fourth-order valence-electron chi connectivity index (χ4n) is 6.52. The topological polar surface area (TPSA) is 22.2 Å². The van der Waals surface area contributed by atoms with Crippen LogP contribution in [0.2, 0.25) is 0 Å². The summed E-state index contributed by atoms with van der Waals surface area (Å²) < 4.78 is 6.51. The second-order valence-corrected chi connectivity index (χ2v) is 13.1. The van der Waals surface area contributed by atoms with Gasteiger partial charge < -0.3 is 14.5 Å². The zero-order valence-corrected chi connectivity index (χ0v) is 28.0. The normalized spacial score (nSPS) is 16.0. The number of nitrogens with zero attached hydrogens (tertiary/aromatic N) is 4.